The molecule has 2 aliphatic carbocycles. The number of aromatic hydroxyl groups is 2. The molecule has 3 aromatic rings. The fraction of sp³-hybridized carbons (Fsp3) is 0.400. The Bertz CT molecular complexity index is 1510. The molecule has 1 atom stereocenters. The summed E-state index contributed by atoms with van der Waals surface area (Å²) < 4.78 is 6.04. The lowest BCUT2D eigenvalue weighted by atomic mass is 9.78. The van der Waals surface area contributed by atoms with E-state index in [2.05, 4.69) is 4.90 Å². The summed E-state index contributed by atoms with van der Waals surface area (Å²) >= 11 is 11.9. The zero-order chi connectivity index (χ0) is 31.2. The minimum Gasteiger partial charge on any atom is -0.507 e. The first-order valence-electron chi connectivity index (χ1n) is 15.3. The van der Waals surface area contributed by atoms with Crippen molar-refractivity contribution < 1.29 is 29.3 Å². The molecule has 5 rings (SSSR count). The highest BCUT2D eigenvalue weighted by Gasteiger charge is 2.39. The standard InChI is InChI=1S/C35H37Cl2NO6/c36-17-19-38(20-18-37)24-15-13-22(14-16-24)7-6-12-29(40)44-35(23-8-2-1-3-9-23)27-21-28(39)30-31(34(27)43)33(42)26-11-5-4-10-25(26)32(30)41/h4-5,10-11,13-16,21,23,35,39,43H,1-3,6-9,12,17-20H2. The van der Waals surface area contributed by atoms with E-state index in [1.165, 1.54) is 18.2 Å². The fourth-order valence-corrected chi connectivity index (χ4v) is 6.84. The Morgan fingerprint density at radius 1 is 0.886 bits per heavy atom. The number of alkyl halides is 2. The molecular formula is C35H37Cl2NO6. The number of carbonyl (C=O) groups is 3. The Morgan fingerprint density at radius 3 is 2.11 bits per heavy atom. The number of nitrogens with zero attached hydrogens (tertiary/aromatic N) is 1. The predicted octanol–water partition coefficient (Wildman–Crippen LogP) is 7.34. The number of ketones is 2. The van der Waals surface area contributed by atoms with E-state index >= 15 is 0 Å². The summed E-state index contributed by atoms with van der Waals surface area (Å²) in [6.07, 6.45) is 5.07. The molecule has 0 aliphatic heterocycles. The molecule has 0 amide bonds. The molecule has 0 heterocycles. The van der Waals surface area contributed by atoms with Gasteiger partial charge in [0.05, 0.1) is 11.1 Å². The molecule has 0 aromatic heterocycles. The molecule has 0 radical (unpaired) electrons. The zero-order valence-electron chi connectivity index (χ0n) is 24.6. The van der Waals surface area contributed by atoms with Crippen LogP contribution in [0.3, 0.4) is 0 Å². The van der Waals surface area contributed by atoms with Crippen molar-refractivity contribution in [3.63, 3.8) is 0 Å². The van der Waals surface area contributed by atoms with Crippen molar-refractivity contribution >= 4 is 46.4 Å². The first kappa shape index (κ1) is 31.9. The van der Waals surface area contributed by atoms with E-state index in [0.717, 1.165) is 43.4 Å². The SMILES string of the molecule is O=C(CCCc1ccc(N(CCCl)CCCl)cc1)OC(c1cc(O)c2c(c1O)C(=O)c1ccccc1C2=O)C1CCCCC1. The number of hydrogen-bond donors (Lipinski definition) is 2. The minimum atomic E-state index is -0.854. The van der Waals surface area contributed by atoms with Gasteiger partial charge in [-0.25, -0.2) is 0 Å². The van der Waals surface area contributed by atoms with Crippen molar-refractivity contribution in [3.05, 3.63) is 88.0 Å². The highest BCUT2D eigenvalue weighted by Crippen LogP contribution is 2.46. The number of phenolic OH excluding ortho intramolecular Hbond substituents is 2. The maximum Gasteiger partial charge on any atom is 0.306 e. The molecule has 9 heteroatoms. The lowest BCUT2D eigenvalue weighted by Crippen LogP contribution is -2.27. The van der Waals surface area contributed by atoms with Crippen LogP contribution in [0.5, 0.6) is 11.5 Å². The van der Waals surface area contributed by atoms with E-state index in [-0.39, 0.29) is 40.2 Å². The largest absolute Gasteiger partial charge is 0.507 e. The van der Waals surface area contributed by atoms with Gasteiger partial charge in [-0.05, 0) is 49.4 Å². The molecule has 44 heavy (non-hydrogen) atoms. The van der Waals surface area contributed by atoms with Gasteiger partial charge in [0.25, 0.3) is 0 Å². The number of carbonyl (C=O) groups excluding carboxylic acids is 3. The number of hydrogen-bond acceptors (Lipinski definition) is 7. The van der Waals surface area contributed by atoms with E-state index in [1.807, 2.05) is 24.3 Å². The van der Waals surface area contributed by atoms with E-state index in [9.17, 15) is 24.6 Å². The molecule has 7 nitrogen and oxygen atoms in total. The second-order valence-electron chi connectivity index (χ2n) is 11.5. The summed E-state index contributed by atoms with van der Waals surface area (Å²) in [7, 11) is 0. The fourth-order valence-electron chi connectivity index (χ4n) is 6.43. The second kappa shape index (κ2) is 14.5. The number of fused-ring (bicyclic) bond motifs is 2. The summed E-state index contributed by atoms with van der Waals surface area (Å²) in [5.74, 6) is -1.38. The summed E-state index contributed by atoms with van der Waals surface area (Å²) in [5.41, 5.74) is 2.19. The number of ether oxygens (including phenoxy) is 1. The summed E-state index contributed by atoms with van der Waals surface area (Å²) in [5, 5.41) is 22.4. The zero-order valence-corrected chi connectivity index (χ0v) is 26.1. The van der Waals surface area contributed by atoms with Crippen LogP contribution in [0.25, 0.3) is 0 Å². The molecule has 1 unspecified atom stereocenters. The lowest BCUT2D eigenvalue weighted by Gasteiger charge is -2.32. The normalized spacial score (nSPS) is 15.4. The van der Waals surface area contributed by atoms with Gasteiger partial charge in [-0.1, -0.05) is 55.7 Å². The third kappa shape index (κ3) is 6.74. The van der Waals surface area contributed by atoms with Crippen LogP contribution in [0.2, 0.25) is 0 Å². The number of benzene rings is 3. The number of aryl methyl sites for hydroxylation is 1. The molecule has 2 aliphatic rings. The Morgan fingerprint density at radius 2 is 1.50 bits per heavy atom. The molecule has 0 saturated heterocycles. The molecule has 1 saturated carbocycles. The van der Waals surface area contributed by atoms with Gasteiger partial charge >= 0.3 is 5.97 Å². The van der Waals surface area contributed by atoms with E-state index in [4.69, 9.17) is 27.9 Å². The average molecular weight is 639 g/mol. The van der Waals surface area contributed by atoms with Gasteiger partial charge in [-0.2, -0.15) is 0 Å². The van der Waals surface area contributed by atoms with Crippen LogP contribution in [-0.2, 0) is 16.0 Å². The monoisotopic (exact) mass is 637 g/mol. The van der Waals surface area contributed by atoms with Gasteiger partial charge in [0.2, 0.25) is 0 Å². The highest BCUT2D eigenvalue weighted by atomic mass is 35.5. The van der Waals surface area contributed by atoms with Crippen LogP contribution in [0.1, 0.15) is 94.0 Å². The number of anilines is 1. The Labute approximate surface area is 267 Å². The highest BCUT2D eigenvalue weighted by molar-refractivity contribution is 6.30. The summed E-state index contributed by atoms with van der Waals surface area (Å²) in [4.78, 5) is 42.0. The molecule has 0 spiro atoms. The Kier molecular flexibility index (Phi) is 10.5. The van der Waals surface area contributed by atoms with E-state index < -0.39 is 35.1 Å². The van der Waals surface area contributed by atoms with E-state index in [1.54, 1.807) is 12.1 Å². The van der Waals surface area contributed by atoms with Gasteiger partial charge < -0.3 is 19.8 Å². The third-order valence-electron chi connectivity index (χ3n) is 8.68. The summed E-state index contributed by atoms with van der Waals surface area (Å²) in [6.45, 7) is 1.41. The number of phenols is 2. The van der Waals surface area contributed by atoms with Crippen molar-refractivity contribution in [1.82, 2.24) is 0 Å². The van der Waals surface area contributed by atoms with Crippen molar-refractivity contribution in [3.8, 4) is 11.5 Å². The van der Waals surface area contributed by atoms with Gasteiger partial charge in [-0.15, -0.1) is 23.2 Å². The first-order chi connectivity index (χ1) is 21.3. The van der Waals surface area contributed by atoms with Crippen LogP contribution >= 0.6 is 23.2 Å². The van der Waals surface area contributed by atoms with Crippen molar-refractivity contribution in [2.45, 2.75) is 57.5 Å². The molecule has 232 valence electrons. The molecule has 1 fully saturated rings. The lowest BCUT2D eigenvalue weighted by molar-refractivity contribution is -0.153. The van der Waals surface area contributed by atoms with Crippen LogP contribution < -0.4 is 4.90 Å². The maximum absolute atomic E-state index is 13.5. The van der Waals surface area contributed by atoms with Gasteiger partial charge in [0.15, 0.2) is 11.6 Å². The molecule has 2 N–H and O–H groups in total. The average Bonchev–Trinajstić information content (AvgIpc) is 3.04. The quantitative estimate of drug-likeness (QED) is 0.0951. The minimum absolute atomic E-state index is 0.0887. The van der Waals surface area contributed by atoms with Crippen LogP contribution in [0.15, 0.2) is 54.6 Å². The second-order valence-corrected chi connectivity index (χ2v) is 12.2. The van der Waals surface area contributed by atoms with E-state index in [0.29, 0.717) is 37.7 Å². The van der Waals surface area contributed by atoms with Crippen LogP contribution in [0.4, 0.5) is 5.69 Å². The maximum atomic E-state index is 13.5. The predicted molar refractivity (Wildman–Crippen MR) is 172 cm³/mol. The molecular weight excluding hydrogens is 601 g/mol. The van der Waals surface area contributed by atoms with Gasteiger partial charge in [0.1, 0.15) is 17.6 Å². The third-order valence-corrected chi connectivity index (χ3v) is 9.02. The smallest absolute Gasteiger partial charge is 0.306 e. The summed E-state index contributed by atoms with van der Waals surface area (Å²) in [6, 6.07) is 15.8. The van der Waals surface area contributed by atoms with Crippen LogP contribution in [-0.4, -0.2) is 52.6 Å². The molecule has 0 bridgehead atoms. The van der Waals surface area contributed by atoms with Crippen molar-refractivity contribution in [1.29, 1.82) is 0 Å². The number of rotatable bonds is 12. The van der Waals surface area contributed by atoms with Crippen LogP contribution in [0, 0.1) is 5.92 Å². The van der Waals surface area contributed by atoms with Gasteiger partial charge in [0, 0.05) is 59.6 Å². The van der Waals surface area contributed by atoms with Gasteiger partial charge in [-0.3, -0.25) is 14.4 Å². The molecule has 3 aromatic carbocycles. The first-order valence-corrected chi connectivity index (χ1v) is 16.3. The number of halogens is 2. The Balaban J connectivity index is 1.32. The van der Waals surface area contributed by atoms with Crippen molar-refractivity contribution in [2.24, 2.45) is 5.92 Å². The number of esters is 1. The van der Waals surface area contributed by atoms with Crippen molar-refractivity contribution in [2.75, 3.05) is 29.7 Å². The Hall–Kier alpha value is -3.55. The topological polar surface area (TPSA) is 104 Å².